The molecule has 0 bridgehead atoms. The number of morpholine rings is 1. The second kappa shape index (κ2) is 10.4. The van der Waals surface area contributed by atoms with E-state index in [0.29, 0.717) is 24.5 Å². The van der Waals surface area contributed by atoms with Gasteiger partial charge < -0.3 is 19.5 Å². The molecule has 1 aliphatic heterocycles. The first-order valence-corrected chi connectivity index (χ1v) is 10.3. The lowest BCUT2D eigenvalue weighted by Crippen LogP contribution is -2.42. The lowest BCUT2D eigenvalue weighted by atomic mass is 10.2. The maximum atomic E-state index is 12.8. The van der Waals surface area contributed by atoms with E-state index in [2.05, 4.69) is 15.4 Å². The van der Waals surface area contributed by atoms with Crippen molar-refractivity contribution in [1.29, 1.82) is 0 Å². The Kier molecular flexibility index (Phi) is 7.58. The van der Waals surface area contributed by atoms with Crippen LogP contribution in [0.1, 0.15) is 17.1 Å². The minimum atomic E-state index is -0.279. The Morgan fingerprint density at radius 2 is 2.18 bits per heavy atom. The van der Waals surface area contributed by atoms with E-state index in [1.165, 1.54) is 0 Å². The van der Waals surface area contributed by atoms with Crippen molar-refractivity contribution in [2.24, 2.45) is 0 Å². The summed E-state index contributed by atoms with van der Waals surface area (Å²) in [5.41, 5.74) is 0. The first-order valence-electron chi connectivity index (χ1n) is 9.43. The molecule has 2 aromatic rings. The summed E-state index contributed by atoms with van der Waals surface area (Å²) >= 11 is 1.55. The Balaban J connectivity index is 1.54. The third-order valence-electron chi connectivity index (χ3n) is 4.49. The van der Waals surface area contributed by atoms with Crippen LogP contribution in [0.5, 0.6) is 0 Å². The van der Waals surface area contributed by atoms with Gasteiger partial charge in [0.15, 0.2) is 5.82 Å². The minimum Gasteiger partial charge on any atom is -0.379 e. The molecule has 0 aromatic carbocycles. The standard InChI is InChI=1S/C19H26N4O4S/c1-15-12-17(21-27-15)20-18(24)14-23(19(25)13-16-4-2-11-28-16)6-3-5-22-7-9-26-10-8-22/h2,4,11-12H,3,5-10,13-14H2,1H3,(H,20,21,24). The molecule has 1 saturated heterocycles. The van der Waals surface area contributed by atoms with Gasteiger partial charge in [0, 0.05) is 37.1 Å². The highest BCUT2D eigenvalue weighted by Crippen LogP contribution is 2.12. The van der Waals surface area contributed by atoms with E-state index < -0.39 is 0 Å². The second-order valence-corrected chi connectivity index (χ2v) is 7.78. The molecule has 1 aliphatic rings. The highest BCUT2D eigenvalue weighted by atomic mass is 32.1. The van der Waals surface area contributed by atoms with Gasteiger partial charge in [0.25, 0.3) is 0 Å². The second-order valence-electron chi connectivity index (χ2n) is 6.75. The van der Waals surface area contributed by atoms with Crippen LogP contribution in [0.2, 0.25) is 0 Å². The van der Waals surface area contributed by atoms with Crippen molar-refractivity contribution >= 4 is 29.0 Å². The van der Waals surface area contributed by atoms with Gasteiger partial charge in [-0.05, 0) is 24.8 Å². The van der Waals surface area contributed by atoms with Crippen LogP contribution in [-0.2, 0) is 20.7 Å². The molecule has 28 heavy (non-hydrogen) atoms. The summed E-state index contributed by atoms with van der Waals surface area (Å²) in [7, 11) is 0. The van der Waals surface area contributed by atoms with Crippen LogP contribution in [0.25, 0.3) is 0 Å². The van der Waals surface area contributed by atoms with Gasteiger partial charge >= 0.3 is 0 Å². The Morgan fingerprint density at radius 1 is 1.36 bits per heavy atom. The number of nitrogens with zero attached hydrogens (tertiary/aromatic N) is 3. The molecule has 1 fully saturated rings. The number of aromatic nitrogens is 1. The Bertz CT molecular complexity index is 756. The fraction of sp³-hybridized carbons (Fsp3) is 0.526. The average molecular weight is 407 g/mol. The molecule has 0 unspecified atom stereocenters. The number of nitrogens with one attached hydrogen (secondary N) is 1. The normalized spacial score (nSPS) is 14.8. The number of thiophene rings is 1. The summed E-state index contributed by atoms with van der Waals surface area (Å²) in [6.07, 6.45) is 1.12. The first-order chi connectivity index (χ1) is 13.6. The van der Waals surface area contributed by atoms with Gasteiger partial charge in [-0.3, -0.25) is 14.5 Å². The molecule has 0 radical (unpaired) electrons. The Morgan fingerprint density at radius 3 is 2.86 bits per heavy atom. The molecular formula is C19H26N4O4S. The van der Waals surface area contributed by atoms with E-state index in [9.17, 15) is 9.59 Å². The average Bonchev–Trinajstić information content (AvgIpc) is 3.33. The fourth-order valence-electron chi connectivity index (χ4n) is 3.06. The topological polar surface area (TPSA) is 87.9 Å². The lowest BCUT2D eigenvalue weighted by Gasteiger charge is -2.28. The van der Waals surface area contributed by atoms with Crippen LogP contribution in [0, 0.1) is 6.92 Å². The van der Waals surface area contributed by atoms with Crippen LogP contribution in [0.3, 0.4) is 0 Å². The number of hydrogen-bond donors (Lipinski definition) is 1. The van der Waals surface area contributed by atoms with E-state index in [0.717, 1.165) is 44.1 Å². The number of amides is 2. The number of carbonyl (C=O) groups is 2. The van der Waals surface area contributed by atoms with Gasteiger partial charge in [-0.1, -0.05) is 11.2 Å². The highest BCUT2D eigenvalue weighted by Gasteiger charge is 2.19. The molecule has 0 saturated carbocycles. The largest absolute Gasteiger partial charge is 0.379 e. The zero-order valence-corrected chi connectivity index (χ0v) is 16.9. The summed E-state index contributed by atoms with van der Waals surface area (Å²) in [5, 5.41) is 8.40. The molecule has 8 nitrogen and oxygen atoms in total. The predicted molar refractivity (Wildman–Crippen MR) is 106 cm³/mol. The zero-order chi connectivity index (χ0) is 19.8. The maximum absolute atomic E-state index is 12.8. The molecule has 3 heterocycles. The van der Waals surface area contributed by atoms with E-state index in [1.807, 2.05) is 17.5 Å². The van der Waals surface area contributed by atoms with Crippen molar-refractivity contribution < 1.29 is 18.8 Å². The summed E-state index contributed by atoms with van der Waals surface area (Å²) in [5.74, 6) is 0.656. The van der Waals surface area contributed by atoms with Crippen molar-refractivity contribution in [3.63, 3.8) is 0 Å². The third-order valence-corrected chi connectivity index (χ3v) is 5.37. The molecule has 0 atom stereocenters. The number of rotatable bonds is 9. The van der Waals surface area contributed by atoms with Gasteiger partial charge in [-0.2, -0.15) is 0 Å². The SMILES string of the molecule is Cc1cc(NC(=O)CN(CCCN2CCOCC2)C(=O)Cc2cccs2)no1. The van der Waals surface area contributed by atoms with Gasteiger partial charge in [-0.25, -0.2) is 0 Å². The van der Waals surface area contributed by atoms with Crippen molar-refractivity contribution in [3.8, 4) is 0 Å². The highest BCUT2D eigenvalue weighted by molar-refractivity contribution is 7.10. The number of hydrogen-bond acceptors (Lipinski definition) is 7. The molecule has 0 aliphatic carbocycles. The van der Waals surface area contributed by atoms with Gasteiger partial charge in [0.2, 0.25) is 11.8 Å². The summed E-state index contributed by atoms with van der Waals surface area (Å²) in [6.45, 7) is 6.50. The molecule has 9 heteroatoms. The van der Waals surface area contributed by atoms with Crippen molar-refractivity contribution in [2.45, 2.75) is 19.8 Å². The summed E-state index contributed by atoms with van der Waals surface area (Å²) in [6, 6.07) is 5.51. The lowest BCUT2D eigenvalue weighted by molar-refractivity contribution is -0.134. The third kappa shape index (κ3) is 6.43. The predicted octanol–water partition coefficient (Wildman–Crippen LogP) is 1.78. The van der Waals surface area contributed by atoms with E-state index in [1.54, 1.807) is 29.2 Å². The van der Waals surface area contributed by atoms with Crippen molar-refractivity contribution in [2.75, 3.05) is 51.3 Å². The Hall–Kier alpha value is -2.23. The van der Waals surface area contributed by atoms with Gasteiger partial charge in [0.05, 0.1) is 26.2 Å². The molecule has 152 valence electrons. The smallest absolute Gasteiger partial charge is 0.245 e. The molecular weight excluding hydrogens is 380 g/mol. The summed E-state index contributed by atoms with van der Waals surface area (Å²) < 4.78 is 10.3. The number of aryl methyl sites for hydroxylation is 1. The zero-order valence-electron chi connectivity index (χ0n) is 16.1. The summed E-state index contributed by atoms with van der Waals surface area (Å²) in [4.78, 5) is 30.1. The number of ether oxygens (including phenoxy) is 1. The van der Waals surface area contributed by atoms with Crippen LogP contribution in [-0.4, -0.2) is 72.7 Å². The molecule has 3 rings (SSSR count). The van der Waals surface area contributed by atoms with Gasteiger partial charge in [0.1, 0.15) is 5.76 Å². The van der Waals surface area contributed by atoms with Crippen LogP contribution < -0.4 is 5.32 Å². The van der Waals surface area contributed by atoms with Gasteiger partial charge in [-0.15, -0.1) is 11.3 Å². The minimum absolute atomic E-state index is 0.000767. The Labute approximate surface area is 168 Å². The molecule has 2 aromatic heterocycles. The van der Waals surface area contributed by atoms with E-state index >= 15 is 0 Å². The number of carbonyl (C=O) groups excluding carboxylic acids is 2. The van der Waals surface area contributed by atoms with Crippen LogP contribution in [0.15, 0.2) is 28.1 Å². The first kappa shape index (κ1) is 20.5. The molecule has 1 N–H and O–H groups in total. The monoisotopic (exact) mass is 406 g/mol. The molecule has 2 amide bonds. The number of anilines is 1. The quantitative estimate of drug-likeness (QED) is 0.683. The molecule has 0 spiro atoms. The van der Waals surface area contributed by atoms with Crippen LogP contribution >= 0.6 is 11.3 Å². The van der Waals surface area contributed by atoms with E-state index in [4.69, 9.17) is 9.26 Å². The van der Waals surface area contributed by atoms with Crippen molar-refractivity contribution in [3.05, 3.63) is 34.2 Å². The van der Waals surface area contributed by atoms with E-state index in [-0.39, 0.29) is 18.4 Å². The fourth-order valence-corrected chi connectivity index (χ4v) is 3.75. The van der Waals surface area contributed by atoms with Crippen LogP contribution in [0.4, 0.5) is 5.82 Å². The van der Waals surface area contributed by atoms with Crippen molar-refractivity contribution in [1.82, 2.24) is 15.0 Å². The maximum Gasteiger partial charge on any atom is 0.245 e.